The molecule has 0 atom stereocenters. The Balaban J connectivity index is 1.44. The smallest absolute Gasteiger partial charge is 0.261 e. The fourth-order valence-corrected chi connectivity index (χ4v) is 3.45. The molecule has 1 aliphatic heterocycles. The van der Waals surface area contributed by atoms with Crippen LogP contribution in [0.2, 0.25) is 0 Å². The van der Waals surface area contributed by atoms with Crippen molar-refractivity contribution in [3.63, 3.8) is 0 Å². The van der Waals surface area contributed by atoms with Crippen LogP contribution < -0.4 is 10.1 Å². The van der Waals surface area contributed by atoms with E-state index in [9.17, 15) is 9.59 Å². The first-order valence-corrected chi connectivity index (χ1v) is 8.90. The molecule has 0 aliphatic carbocycles. The third-order valence-electron chi connectivity index (χ3n) is 4.86. The predicted octanol–water partition coefficient (Wildman–Crippen LogP) is 3.23. The van der Waals surface area contributed by atoms with Crippen molar-refractivity contribution in [2.24, 2.45) is 0 Å². The molecule has 0 aromatic heterocycles. The fraction of sp³-hybridized carbons (Fsp3) is 0.182. The first-order valence-electron chi connectivity index (χ1n) is 8.90. The van der Waals surface area contributed by atoms with E-state index in [0.29, 0.717) is 30.8 Å². The van der Waals surface area contributed by atoms with Crippen LogP contribution in [0.15, 0.2) is 60.7 Å². The quantitative estimate of drug-likeness (QED) is 0.542. The summed E-state index contributed by atoms with van der Waals surface area (Å²) in [7, 11) is 1.64. The molecular weight excluding hydrogens is 340 g/mol. The van der Waals surface area contributed by atoms with Gasteiger partial charge < -0.3 is 10.1 Å². The molecule has 0 fully saturated rings. The lowest BCUT2D eigenvalue weighted by atomic mass is 9.94. The highest BCUT2D eigenvalue weighted by atomic mass is 16.5. The highest BCUT2D eigenvalue weighted by Crippen LogP contribution is 2.29. The topological polar surface area (TPSA) is 58.6 Å². The van der Waals surface area contributed by atoms with Gasteiger partial charge in [0, 0.05) is 36.1 Å². The molecule has 0 saturated heterocycles. The van der Waals surface area contributed by atoms with Gasteiger partial charge in [0.15, 0.2) is 0 Å². The molecule has 5 nitrogen and oxygen atoms in total. The van der Waals surface area contributed by atoms with Gasteiger partial charge in [-0.1, -0.05) is 36.4 Å². The summed E-state index contributed by atoms with van der Waals surface area (Å²) in [6, 6.07) is 18.9. The Bertz CT molecular complexity index is 961. The van der Waals surface area contributed by atoms with Crippen molar-refractivity contribution < 1.29 is 14.3 Å². The van der Waals surface area contributed by atoms with Crippen LogP contribution in [-0.4, -0.2) is 36.9 Å². The highest BCUT2D eigenvalue weighted by molar-refractivity contribution is 6.25. The molecule has 1 N–H and O–H groups in total. The van der Waals surface area contributed by atoms with Crippen LogP contribution in [0.25, 0.3) is 10.8 Å². The van der Waals surface area contributed by atoms with E-state index in [1.54, 1.807) is 19.2 Å². The monoisotopic (exact) mass is 360 g/mol. The maximum absolute atomic E-state index is 12.8. The Morgan fingerprint density at radius 3 is 2.11 bits per heavy atom. The summed E-state index contributed by atoms with van der Waals surface area (Å²) in [5.74, 6) is 0.363. The van der Waals surface area contributed by atoms with Crippen LogP contribution in [0.1, 0.15) is 26.3 Å². The van der Waals surface area contributed by atoms with Crippen LogP contribution in [0.5, 0.6) is 5.75 Å². The minimum Gasteiger partial charge on any atom is -0.497 e. The highest BCUT2D eigenvalue weighted by Gasteiger charge is 2.31. The Morgan fingerprint density at radius 1 is 0.889 bits per heavy atom. The van der Waals surface area contributed by atoms with E-state index in [-0.39, 0.29) is 11.8 Å². The number of rotatable bonds is 6. The molecule has 27 heavy (non-hydrogen) atoms. The molecule has 4 rings (SSSR count). The number of amides is 2. The van der Waals surface area contributed by atoms with E-state index in [1.807, 2.05) is 48.5 Å². The largest absolute Gasteiger partial charge is 0.497 e. The molecule has 0 unspecified atom stereocenters. The zero-order valence-electron chi connectivity index (χ0n) is 15.1. The second kappa shape index (κ2) is 7.21. The number of imide groups is 1. The van der Waals surface area contributed by atoms with E-state index >= 15 is 0 Å². The van der Waals surface area contributed by atoms with Crippen molar-refractivity contribution in [3.05, 3.63) is 77.4 Å². The van der Waals surface area contributed by atoms with Crippen molar-refractivity contribution in [1.82, 2.24) is 10.2 Å². The number of nitrogens with one attached hydrogen (secondary N) is 1. The van der Waals surface area contributed by atoms with Crippen molar-refractivity contribution in [2.75, 3.05) is 20.2 Å². The molecule has 3 aromatic carbocycles. The molecule has 0 bridgehead atoms. The maximum atomic E-state index is 12.8. The van der Waals surface area contributed by atoms with Gasteiger partial charge in [0.1, 0.15) is 5.75 Å². The summed E-state index contributed by atoms with van der Waals surface area (Å²) in [5, 5.41) is 4.97. The molecule has 0 saturated carbocycles. The summed E-state index contributed by atoms with van der Waals surface area (Å²) >= 11 is 0. The summed E-state index contributed by atoms with van der Waals surface area (Å²) < 4.78 is 5.15. The first kappa shape index (κ1) is 17.2. The molecule has 136 valence electrons. The van der Waals surface area contributed by atoms with Crippen LogP contribution >= 0.6 is 0 Å². The maximum Gasteiger partial charge on any atom is 0.261 e. The fourth-order valence-electron chi connectivity index (χ4n) is 3.45. The minimum atomic E-state index is -0.226. The van der Waals surface area contributed by atoms with E-state index in [0.717, 1.165) is 22.1 Å². The van der Waals surface area contributed by atoms with Crippen LogP contribution in [0.3, 0.4) is 0 Å². The third-order valence-corrected chi connectivity index (χ3v) is 4.86. The van der Waals surface area contributed by atoms with Crippen molar-refractivity contribution in [3.8, 4) is 5.75 Å². The van der Waals surface area contributed by atoms with Crippen LogP contribution in [0.4, 0.5) is 0 Å². The average Bonchev–Trinajstić information content (AvgIpc) is 2.71. The van der Waals surface area contributed by atoms with Gasteiger partial charge in [0.25, 0.3) is 11.8 Å². The predicted molar refractivity (Wildman–Crippen MR) is 104 cm³/mol. The van der Waals surface area contributed by atoms with E-state index in [4.69, 9.17) is 4.74 Å². The number of hydrogen-bond acceptors (Lipinski definition) is 4. The van der Waals surface area contributed by atoms with Gasteiger partial charge in [-0.25, -0.2) is 0 Å². The summed E-state index contributed by atoms with van der Waals surface area (Å²) in [6.07, 6.45) is 0. The van der Waals surface area contributed by atoms with Gasteiger partial charge in [-0.05, 0) is 35.2 Å². The molecule has 2 amide bonds. The molecule has 5 heteroatoms. The SMILES string of the molecule is COc1ccc(CNCCN2C(=O)c3cccc4cccc(c34)C2=O)cc1. The number of methoxy groups -OCH3 is 1. The number of ether oxygens (including phenoxy) is 1. The van der Waals surface area contributed by atoms with E-state index in [1.165, 1.54) is 4.90 Å². The molecule has 3 aromatic rings. The summed E-state index contributed by atoms with van der Waals surface area (Å²) in [6.45, 7) is 1.52. The second-order valence-electron chi connectivity index (χ2n) is 6.50. The lowest BCUT2D eigenvalue weighted by molar-refractivity contribution is 0.0612. The Morgan fingerprint density at radius 2 is 1.52 bits per heavy atom. The van der Waals surface area contributed by atoms with Crippen molar-refractivity contribution in [2.45, 2.75) is 6.54 Å². The molecule has 0 radical (unpaired) electrons. The van der Waals surface area contributed by atoms with E-state index < -0.39 is 0 Å². The van der Waals surface area contributed by atoms with Crippen LogP contribution in [0, 0.1) is 0 Å². The number of hydrogen-bond donors (Lipinski definition) is 1. The average molecular weight is 360 g/mol. The summed E-state index contributed by atoms with van der Waals surface area (Å²) in [4.78, 5) is 27.0. The second-order valence-corrected chi connectivity index (χ2v) is 6.50. The van der Waals surface area contributed by atoms with Crippen molar-refractivity contribution >= 4 is 22.6 Å². The lowest BCUT2D eigenvalue weighted by Gasteiger charge is -2.27. The molecule has 1 heterocycles. The third kappa shape index (κ3) is 3.17. The molecule has 1 aliphatic rings. The minimum absolute atomic E-state index is 0.226. The van der Waals surface area contributed by atoms with Gasteiger partial charge >= 0.3 is 0 Å². The first-order chi connectivity index (χ1) is 13.2. The zero-order chi connectivity index (χ0) is 18.8. The van der Waals surface area contributed by atoms with E-state index in [2.05, 4.69) is 5.32 Å². The number of carbonyl (C=O) groups excluding carboxylic acids is 2. The Labute approximate surface area is 157 Å². The summed E-state index contributed by atoms with van der Waals surface area (Å²) in [5.41, 5.74) is 2.30. The van der Waals surface area contributed by atoms with Gasteiger partial charge in [0.05, 0.1) is 7.11 Å². The van der Waals surface area contributed by atoms with Gasteiger partial charge in [0.2, 0.25) is 0 Å². The van der Waals surface area contributed by atoms with Gasteiger partial charge in [-0.3, -0.25) is 14.5 Å². The normalized spacial score (nSPS) is 13.3. The lowest BCUT2D eigenvalue weighted by Crippen LogP contribution is -2.43. The Hall–Kier alpha value is -3.18. The van der Waals surface area contributed by atoms with Gasteiger partial charge in [-0.15, -0.1) is 0 Å². The number of carbonyl (C=O) groups is 2. The van der Waals surface area contributed by atoms with Crippen molar-refractivity contribution in [1.29, 1.82) is 0 Å². The Kier molecular flexibility index (Phi) is 4.60. The number of nitrogens with zero attached hydrogens (tertiary/aromatic N) is 1. The zero-order valence-corrected chi connectivity index (χ0v) is 15.1. The van der Waals surface area contributed by atoms with Crippen LogP contribution in [-0.2, 0) is 6.54 Å². The molecule has 0 spiro atoms. The standard InChI is InChI=1S/C22H20N2O3/c1-27-17-10-8-15(9-11-17)14-23-12-13-24-21(25)18-6-2-4-16-5-3-7-19(20(16)18)22(24)26/h2-11,23H,12-14H2,1H3. The number of benzene rings is 3. The van der Waals surface area contributed by atoms with Gasteiger partial charge in [-0.2, -0.15) is 0 Å². The molecular formula is C22H20N2O3.